The highest BCUT2D eigenvalue weighted by Gasteiger charge is 2.25. The number of fused-ring (bicyclic) bond motifs is 1. The van der Waals surface area contributed by atoms with Gasteiger partial charge in [0, 0.05) is 43.5 Å². The van der Waals surface area contributed by atoms with E-state index in [0.29, 0.717) is 12.6 Å². The Bertz CT molecular complexity index is 846. The molecule has 0 aliphatic carbocycles. The van der Waals surface area contributed by atoms with Crippen LogP contribution in [-0.2, 0) is 19.5 Å². The molecule has 26 heavy (non-hydrogen) atoms. The number of aryl methyl sites for hydroxylation is 1. The molecule has 0 bridgehead atoms. The number of pyridine rings is 1. The summed E-state index contributed by atoms with van der Waals surface area (Å²) in [5, 5.41) is 0. The quantitative estimate of drug-likeness (QED) is 0.918. The Morgan fingerprint density at radius 2 is 2.12 bits per heavy atom. The Balaban J connectivity index is 1.56. The maximum Gasteiger partial charge on any atom is 0.255 e. The zero-order valence-corrected chi connectivity index (χ0v) is 15.7. The molecule has 138 valence electrons. The maximum atomic E-state index is 12.6. The van der Waals surface area contributed by atoms with Gasteiger partial charge in [-0.25, -0.2) is 4.98 Å². The second-order valence-electron chi connectivity index (χ2n) is 7.58. The lowest BCUT2D eigenvalue weighted by Gasteiger charge is -2.35. The second-order valence-corrected chi connectivity index (χ2v) is 7.58. The molecule has 2 aliphatic heterocycles. The van der Waals surface area contributed by atoms with Gasteiger partial charge in [-0.2, -0.15) is 0 Å². The molecule has 4 heterocycles. The van der Waals surface area contributed by atoms with E-state index >= 15 is 0 Å². The Morgan fingerprint density at radius 3 is 2.92 bits per heavy atom. The summed E-state index contributed by atoms with van der Waals surface area (Å²) in [5.74, 6) is 0.747. The Morgan fingerprint density at radius 1 is 1.23 bits per heavy atom. The number of H-pyrrole nitrogens is 1. The molecule has 1 N–H and O–H groups in total. The van der Waals surface area contributed by atoms with E-state index in [2.05, 4.69) is 32.8 Å². The monoisotopic (exact) mass is 353 g/mol. The smallest absolute Gasteiger partial charge is 0.255 e. The van der Waals surface area contributed by atoms with Crippen LogP contribution in [0, 0.1) is 6.92 Å². The summed E-state index contributed by atoms with van der Waals surface area (Å²) in [4.78, 5) is 29.7. The van der Waals surface area contributed by atoms with Gasteiger partial charge in [-0.1, -0.05) is 6.07 Å². The topological polar surface area (TPSA) is 65.1 Å². The van der Waals surface area contributed by atoms with Crippen molar-refractivity contribution >= 4 is 5.95 Å². The van der Waals surface area contributed by atoms with E-state index in [1.54, 1.807) is 0 Å². The molecule has 1 saturated heterocycles. The van der Waals surface area contributed by atoms with Crippen molar-refractivity contribution in [1.29, 1.82) is 0 Å². The standard InChI is InChI=1S/C20H27N5O/c1-14-6-5-8-16(21-14)12-24-11-9-17-18(13-24)22-20(23-19(17)26)25-10-4-3-7-15(25)2/h5-6,8,15H,3-4,7,9-13H2,1-2H3,(H,22,23,26)/t15-/m0/s1. The van der Waals surface area contributed by atoms with Crippen LogP contribution < -0.4 is 10.5 Å². The van der Waals surface area contributed by atoms with Gasteiger partial charge in [-0.05, 0) is 51.7 Å². The zero-order chi connectivity index (χ0) is 18.1. The summed E-state index contributed by atoms with van der Waals surface area (Å²) in [7, 11) is 0. The van der Waals surface area contributed by atoms with E-state index in [9.17, 15) is 4.79 Å². The first-order chi connectivity index (χ1) is 12.6. The van der Waals surface area contributed by atoms with Crippen LogP contribution in [0.4, 0.5) is 5.95 Å². The van der Waals surface area contributed by atoms with E-state index in [1.807, 2.05) is 19.1 Å². The number of aromatic amines is 1. The van der Waals surface area contributed by atoms with Crippen molar-refractivity contribution in [2.24, 2.45) is 0 Å². The summed E-state index contributed by atoms with van der Waals surface area (Å²) < 4.78 is 0. The van der Waals surface area contributed by atoms with Gasteiger partial charge in [-0.15, -0.1) is 0 Å². The molecule has 1 fully saturated rings. The lowest BCUT2D eigenvalue weighted by Crippen LogP contribution is -2.41. The Hall–Kier alpha value is -2.21. The van der Waals surface area contributed by atoms with Crippen LogP contribution >= 0.6 is 0 Å². The summed E-state index contributed by atoms with van der Waals surface area (Å²) in [6.07, 6.45) is 4.33. The van der Waals surface area contributed by atoms with Gasteiger partial charge in [0.1, 0.15) is 0 Å². The molecule has 0 aromatic carbocycles. The number of nitrogens with one attached hydrogen (secondary N) is 1. The van der Waals surface area contributed by atoms with Gasteiger partial charge in [0.15, 0.2) is 0 Å². The molecule has 0 radical (unpaired) electrons. The Kier molecular flexibility index (Phi) is 4.76. The first-order valence-corrected chi connectivity index (χ1v) is 9.64. The third-order valence-corrected chi connectivity index (χ3v) is 5.55. The van der Waals surface area contributed by atoms with Crippen LogP contribution in [0.15, 0.2) is 23.0 Å². The molecular formula is C20H27N5O. The van der Waals surface area contributed by atoms with Crippen molar-refractivity contribution in [2.45, 2.75) is 58.7 Å². The molecule has 2 aliphatic rings. The Labute approximate surface area is 154 Å². The first-order valence-electron chi connectivity index (χ1n) is 9.64. The van der Waals surface area contributed by atoms with Gasteiger partial charge in [0.2, 0.25) is 5.95 Å². The summed E-state index contributed by atoms with van der Waals surface area (Å²) in [5.41, 5.74) is 3.93. The average Bonchev–Trinajstić information content (AvgIpc) is 2.62. The predicted octanol–water partition coefficient (Wildman–Crippen LogP) is 2.41. The van der Waals surface area contributed by atoms with Crippen molar-refractivity contribution < 1.29 is 0 Å². The molecule has 0 spiro atoms. The zero-order valence-electron chi connectivity index (χ0n) is 15.7. The number of anilines is 1. The van der Waals surface area contributed by atoms with Gasteiger partial charge in [0.05, 0.1) is 11.4 Å². The highest BCUT2D eigenvalue weighted by Crippen LogP contribution is 2.23. The number of rotatable bonds is 3. The molecule has 0 saturated carbocycles. The fourth-order valence-electron chi connectivity index (χ4n) is 4.08. The molecule has 0 unspecified atom stereocenters. The van der Waals surface area contributed by atoms with Crippen molar-refractivity contribution in [1.82, 2.24) is 19.9 Å². The minimum Gasteiger partial charge on any atom is -0.340 e. The van der Waals surface area contributed by atoms with E-state index in [1.165, 1.54) is 6.42 Å². The van der Waals surface area contributed by atoms with Crippen LogP contribution in [0.3, 0.4) is 0 Å². The van der Waals surface area contributed by atoms with Gasteiger partial charge >= 0.3 is 0 Å². The molecular weight excluding hydrogens is 326 g/mol. The fraction of sp³-hybridized carbons (Fsp3) is 0.550. The van der Waals surface area contributed by atoms with Crippen molar-refractivity contribution in [3.63, 3.8) is 0 Å². The van der Waals surface area contributed by atoms with Crippen molar-refractivity contribution in [2.75, 3.05) is 18.0 Å². The SMILES string of the molecule is Cc1cccc(CN2CCc3c(nc(N4CCCC[C@@H]4C)[nH]c3=O)C2)n1. The highest BCUT2D eigenvalue weighted by atomic mass is 16.1. The minimum absolute atomic E-state index is 0.0381. The summed E-state index contributed by atoms with van der Waals surface area (Å²) >= 11 is 0. The van der Waals surface area contributed by atoms with Gasteiger partial charge in [-0.3, -0.25) is 19.7 Å². The molecule has 4 rings (SSSR count). The first kappa shape index (κ1) is 17.2. The number of piperidine rings is 1. The summed E-state index contributed by atoms with van der Waals surface area (Å²) in [6, 6.07) is 6.56. The maximum absolute atomic E-state index is 12.6. The van der Waals surface area contributed by atoms with Crippen molar-refractivity contribution in [3.8, 4) is 0 Å². The van der Waals surface area contributed by atoms with E-state index in [0.717, 1.165) is 67.5 Å². The third-order valence-electron chi connectivity index (χ3n) is 5.55. The predicted molar refractivity (Wildman–Crippen MR) is 102 cm³/mol. The molecule has 2 aromatic rings. The number of nitrogens with zero attached hydrogens (tertiary/aromatic N) is 4. The lowest BCUT2D eigenvalue weighted by molar-refractivity contribution is 0.237. The van der Waals surface area contributed by atoms with Crippen LogP contribution in [0.1, 0.15) is 48.8 Å². The molecule has 0 amide bonds. The van der Waals surface area contributed by atoms with E-state index < -0.39 is 0 Å². The molecule has 6 heteroatoms. The third kappa shape index (κ3) is 3.51. The van der Waals surface area contributed by atoms with Gasteiger partial charge < -0.3 is 4.90 Å². The van der Waals surface area contributed by atoms with E-state index in [4.69, 9.17) is 4.98 Å². The van der Waals surface area contributed by atoms with E-state index in [-0.39, 0.29) is 5.56 Å². The van der Waals surface area contributed by atoms with Crippen LogP contribution in [0.2, 0.25) is 0 Å². The normalized spacial score (nSPS) is 20.8. The van der Waals surface area contributed by atoms with Gasteiger partial charge in [0.25, 0.3) is 5.56 Å². The number of hydrogen-bond donors (Lipinski definition) is 1. The number of aromatic nitrogens is 3. The highest BCUT2D eigenvalue weighted by molar-refractivity contribution is 5.36. The van der Waals surface area contributed by atoms with Crippen LogP contribution in [-0.4, -0.2) is 39.0 Å². The number of hydrogen-bond acceptors (Lipinski definition) is 5. The molecule has 2 aromatic heterocycles. The fourth-order valence-corrected chi connectivity index (χ4v) is 4.08. The average molecular weight is 353 g/mol. The van der Waals surface area contributed by atoms with Crippen molar-refractivity contribution in [3.05, 3.63) is 51.2 Å². The van der Waals surface area contributed by atoms with Crippen LogP contribution in [0.25, 0.3) is 0 Å². The lowest BCUT2D eigenvalue weighted by atomic mass is 10.0. The largest absolute Gasteiger partial charge is 0.340 e. The molecule has 1 atom stereocenters. The molecule has 6 nitrogen and oxygen atoms in total. The van der Waals surface area contributed by atoms with Crippen LogP contribution in [0.5, 0.6) is 0 Å². The minimum atomic E-state index is 0.0381. The second kappa shape index (κ2) is 7.19. The summed E-state index contributed by atoms with van der Waals surface area (Å²) in [6.45, 7) is 7.58.